The van der Waals surface area contributed by atoms with E-state index in [1.165, 1.54) is 0 Å². The fourth-order valence-electron chi connectivity index (χ4n) is 1.24. The van der Waals surface area contributed by atoms with Crippen molar-refractivity contribution in [1.29, 1.82) is 0 Å². The second-order valence-electron chi connectivity index (χ2n) is 2.63. The minimum atomic E-state index is 0.0555. The summed E-state index contributed by atoms with van der Waals surface area (Å²) in [4.78, 5) is 4.15. The maximum absolute atomic E-state index is 5.80. The first-order valence-corrected chi connectivity index (χ1v) is 3.71. The Labute approximate surface area is 65.2 Å². The first kappa shape index (κ1) is 6.61. The molecule has 0 aromatic carbocycles. The maximum atomic E-state index is 5.80. The molecule has 0 aliphatic carbocycles. The summed E-state index contributed by atoms with van der Waals surface area (Å²) in [5, 5.41) is 0. The summed E-state index contributed by atoms with van der Waals surface area (Å²) >= 11 is 0. The van der Waals surface area contributed by atoms with Crippen molar-refractivity contribution in [3.8, 4) is 5.75 Å². The Morgan fingerprint density at radius 2 is 2.55 bits per heavy atom. The fourth-order valence-corrected chi connectivity index (χ4v) is 1.24. The van der Waals surface area contributed by atoms with Crippen LogP contribution in [0.2, 0.25) is 0 Å². The number of fused-ring (bicyclic) bond motifs is 1. The third-order valence-electron chi connectivity index (χ3n) is 1.84. The lowest BCUT2D eigenvalue weighted by atomic mass is 10.1. The predicted molar refractivity (Wildman–Crippen MR) is 41.3 cm³/mol. The second-order valence-corrected chi connectivity index (χ2v) is 2.63. The van der Waals surface area contributed by atoms with Crippen LogP contribution in [0.3, 0.4) is 0 Å². The fraction of sp³-hybridized carbons (Fsp3) is 0.375. The second kappa shape index (κ2) is 2.51. The van der Waals surface area contributed by atoms with Gasteiger partial charge in [-0.3, -0.25) is 4.98 Å². The highest BCUT2D eigenvalue weighted by molar-refractivity contribution is 5.30. The summed E-state index contributed by atoms with van der Waals surface area (Å²) < 4.78 is 5.35. The van der Waals surface area contributed by atoms with Gasteiger partial charge in [0.05, 0.1) is 18.3 Å². The van der Waals surface area contributed by atoms with Crippen molar-refractivity contribution in [2.24, 2.45) is 5.73 Å². The molecular weight excluding hydrogens is 140 g/mol. The van der Waals surface area contributed by atoms with Gasteiger partial charge in [-0.25, -0.2) is 0 Å². The number of nitrogens with two attached hydrogens (primary N) is 1. The number of ether oxygens (including phenoxy) is 1. The van der Waals surface area contributed by atoms with Gasteiger partial charge in [-0.15, -0.1) is 0 Å². The summed E-state index contributed by atoms with van der Waals surface area (Å²) in [5.74, 6) is 0.839. The van der Waals surface area contributed by atoms with Crippen LogP contribution in [0.25, 0.3) is 0 Å². The number of aromatic nitrogens is 1. The monoisotopic (exact) mass is 150 g/mol. The molecule has 3 heteroatoms. The van der Waals surface area contributed by atoms with Crippen LogP contribution in [0.15, 0.2) is 18.3 Å². The zero-order chi connectivity index (χ0) is 7.68. The minimum absolute atomic E-state index is 0.0555. The third-order valence-corrected chi connectivity index (χ3v) is 1.84. The van der Waals surface area contributed by atoms with Crippen LogP contribution in [-0.2, 0) is 0 Å². The third kappa shape index (κ3) is 1.07. The summed E-state index contributed by atoms with van der Waals surface area (Å²) in [7, 11) is 0. The van der Waals surface area contributed by atoms with E-state index in [9.17, 15) is 0 Å². The topological polar surface area (TPSA) is 48.1 Å². The van der Waals surface area contributed by atoms with E-state index in [-0.39, 0.29) is 6.04 Å². The zero-order valence-electron chi connectivity index (χ0n) is 6.16. The molecular formula is C8H10N2O. The van der Waals surface area contributed by atoms with Crippen molar-refractivity contribution in [1.82, 2.24) is 4.98 Å². The smallest absolute Gasteiger partial charge is 0.142 e. The summed E-state index contributed by atoms with van der Waals surface area (Å²) in [6, 6.07) is 3.82. The molecule has 0 bridgehead atoms. The van der Waals surface area contributed by atoms with Crippen molar-refractivity contribution in [2.45, 2.75) is 12.5 Å². The molecule has 58 valence electrons. The van der Waals surface area contributed by atoms with Crippen LogP contribution in [0, 0.1) is 0 Å². The van der Waals surface area contributed by atoms with Crippen LogP contribution >= 0.6 is 0 Å². The molecule has 1 aliphatic heterocycles. The molecule has 1 atom stereocenters. The number of rotatable bonds is 0. The van der Waals surface area contributed by atoms with Gasteiger partial charge < -0.3 is 10.5 Å². The van der Waals surface area contributed by atoms with Crippen LogP contribution in [0.5, 0.6) is 5.75 Å². The molecule has 1 aromatic rings. The molecule has 1 aromatic heterocycles. The largest absolute Gasteiger partial charge is 0.492 e. The van der Waals surface area contributed by atoms with Crippen LogP contribution in [0.4, 0.5) is 0 Å². The number of hydrogen-bond acceptors (Lipinski definition) is 3. The van der Waals surface area contributed by atoms with E-state index in [1.807, 2.05) is 12.1 Å². The molecule has 0 saturated heterocycles. The van der Waals surface area contributed by atoms with E-state index < -0.39 is 0 Å². The van der Waals surface area contributed by atoms with Gasteiger partial charge in [0.25, 0.3) is 0 Å². The minimum Gasteiger partial charge on any atom is -0.492 e. The molecule has 0 radical (unpaired) electrons. The standard InChI is InChI=1S/C8H10N2O/c9-6-3-5-11-7-2-1-4-10-8(6)7/h1-2,4,6H,3,5,9H2/t6-/m1/s1. The van der Waals surface area contributed by atoms with Gasteiger partial charge in [-0.2, -0.15) is 0 Å². The molecule has 2 N–H and O–H groups in total. The highest BCUT2D eigenvalue weighted by Crippen LogP contribution is 2.27. The molecule has 0 fully saturated rings. The molecule has 1 aliphatic rings. The maximum Gasteiger partial charge on any atom is 0.142 e. The quantitative estimate of drug-likeness (QED) is 0.596. The Morgan fingerprint density at radius 3 is 3.36 bits per heavy atom. The number of nitrogens with zero attached hydrogens (tertiary/aromatic N) is 1. The van der Waals surface area contributed by atoms with Gasteiger partial charge in [0.2, 0.25) is 0 Å². The van der Waals surface area contributed by atoms with E-state index in [1.54, 1.807) is 6.20 Å². The van der Waals surface area contributed by atoms with Crippen molar-refractivity contribution in [3.63, 3.8) is 0 Å². The van der Waals surface area contributed by atoms with Gasteiger partial charge in [0.1, 0.15) is 5.75 Å². The number of pyridine rings is 1. The van der Waals surface area contributed by atoms with Gasteiger partial charge in [-0.05, 0) is 12.1 Å². The Bertz CT molecular complexity index is 262. The molecule has 3 nitrogen and oxygen atoms in total. The molecule has 0 saturated carbocycles. The van der Waals surface area contributed by atoms with Crippen LogP contribution < -0.4 is 10.5 Å². The lowest BCUT2D eigenvalue weighted by molar-refractivity contribution is 0.264. The SMILES string of the molecule is N[C@@H]1CCOc2cccnc21. The van der Waals surface area contributed by atoms with E-state index in [0.29, 0.717) is 6.61 Å². The van der Waals surface area contributed by atoms with Gasteiger partial charge in [0.15, 0.2) is 0 Å². The van der Waals surface area contributed by atoms with Crippen molar-refractivity contribution < 1.29 is 4.74 Å². The zero-order valence-corrected chi connectivity index (χ0v) is 6.16. The Hall–Kier alpha value is -1.09. The lowest BCUT2D eigenvalue weighted by Crippen LogP contribution is -2.21. The summed E-state index contributed by atoms with van der Waals surface area (Å²) in [6.45, 7) is 0.708. The van der Waals surface area contributed by atoms with Crippen molar-refractivity contribution >= 4 is 0 Å². The Morgan fingerprint density at radius 1 is 1.64 bits per heavy atom. The first-order valence-electron chi connectivity index (χ1n) is 3.71. The summed E-state index contributed by atoms with van der Waals surface area (Å²) in [5.41, 5.74) is 6.69. The summed E-state index contributed by atoms with van der Waals surface area (Å²) in [6.07, 6.45) is 2.61. The number of hydrogen-bond donors (Lipinski definition) is 1. The molecule has 0 unspecified atom stereocenters. The Balaban J connectivity index is 2.44. The van der Waals surface area contributed by atoms with Gasteiger partial charge in [0, 0.05) is 12.6 Å². The lowest BCUT2D eigenvalue weighted by Gasteiger charge is -2.20. The first-order chi connectivity index (χ1) is 5.38. The van der Waals surface area contributed by atoms with Crippen LogP contribution in [0.1, 0.15) is 18.2 Å². The Kier molecular flexibility index (Phi) is 1.51. The molecule has 2 heterocycles. The molecule has 0 spiro atoms. The average Bonchev–Trinajstić information content (AvgIpc) is 2.06. The molecule has 0 amide bonds. The predicted octanol–water partition coefficient (Wildman–Crippen LogP) is 0.864. The van der Waals surface area contributed by atoms with Crippen molar-refractivity contribution in [2.75, 3.05) is 6.61 Å². The van der Waals surface area contributed by atoms with Gasteiger partial charge in [-0.1, -0.05) is 0 Å². The van der Waals surface area contributed by atoms with E-state index in [2.05, 4.69) is 4.98 Å². The normalized spacial score (nSPS) is 22.1. The molecule has 11 heavy (non-hydrogen) atoms. The van der Waals surface area contributed by atoms with Crippen molar-refractivity contribution in [3.05, 3.63) is 24.0 Å². The van der Waals surface area contributed by atoms with Crippen LogP contribution in [-0.4, -0.2) is 11.6 Å². The highest BCUT2D eigenvalue weighted by Gasteiger charge is 2.17. The van der Waals surface area contributed by atoms with E-state index in [0.717, 1.165) is 17.9 Å². The van der Waals surface area contributed by atoms with Gasteiger partial charge >= 0.3 is 0 Å². The molecule has 2 rings (SSSR count). The van der Waals surface area contributed by atoms with E-state index in [4.69, 9.17) is 10.5 Å². The highest BCUT2D eigenvalue weighted by atomic mass is 16.5. The average molecular weight is 150 g/mol. The van der Waals surface area contributed by atoms with E-state index >= 15 is 0 Å².